The van der Waals surface area contributed by atoms with E-state index >= 15 is 0 Å². The molecule has 1 aliphatic heterocycles. The first-order chi connectivity index (χ1) is 19.3. The van der Waals surface area contributed by atoms with E-state index in [0.29, 0.717) is 31.1 Å². The predicted octanol–water partition coefficient (Wildman–Crippen LogP) is 4.01. The zero-order chi connectivity index (χ0) is 30.4. The lowest BCUT2D eigenvalue weighted by Crippen LogP contribution is -2.54. The maximum Gasteiger partial charge on any atom is 0.329 e. The van der Waals surface area contributed by atoms with E-state index in [-0.39, 0.29) is 35.5 Å². The molecule has 41 heavy (non-hydrogen) atoms. The van der Waals surface area contributed by atoms with Gasteiger partial charge in [-0.05, 0) is 67.8 Å². The predicted molar refractivity (Wildman–Crippen MR) is 161 cm³/mol. The minimum Gasteiger partial charge on any atom is -0.461 e. The summed E-state index contributed by atoms with van der Waals surface area (Å²) in [6.07, 6.45) is 2.84. The Kier molecular flexibility index (Phi) is 11.6. The van der Waals surface area contributed by atoms with Crippen molar-refractivity contribution >= 4 is 28.6 Å². The van der Waals surface area contributed by atoms with Gasteiger partial charge in [0.1, 0.15) is 18.2 Å². The lowest BCUT2D eigenvalue weighted by Gasteiger charge is -2.40. The smallest absolute Gasteiger partial charge is 0.329 e. The van der Waals surface area contributed by atoms with Gasteiger partial charge in [0.2, 0.25) is 11.8 Å². The van der Waals surface area contributed by atoms with Crippen LogP contribution in [0, 0.1) is 16.7 Å². The van der Waals surface area contributed by atoms with Crippen LogP contribution in [-0.2, 0) is 36.3 Å². The second-order valence-corrected chi connectivity index (χ2v) is 14.9. The molecule has 2 amide bonds. The summed E-state index contributed by atoms with van der Waals surface area (Å²) < 4.78 is 18.1. The summed E-state index contributed by atoms with van der Waals surface area (Å²) in [6.45, 7) is 13.3. The van der Waals surface area contributed by atoms with Crippen molar-refractivity contribution in [1.82, 2.24) is 10.2 Å². The molecule has 6 atom stereocenters. The molecule has 6 unspecified atom stereocenters. The van der Waals surface area contributed by atoms with Gasteiger partial charge >= 0.3 is 5.97 Å². The number of aliphatic hydroxyl groups excluding tert-OH is 1. The van der Waals surface area contributed by atoms with Crippen LogP contribution in [0.2, 0.25) is 0 Å². The second-order valence-electron chi connectivity index (χ2n) is 13.0. The first kappa shape index (κ1) is 33.2. The summed E-state index contributed by atoms with van der Waals surface area (Å²) in [4.78, 5) is 41.4. The Hall–Kier alpha value is -2.26. The molecule has 0 aromatic heterocycles. The van der Waals surface area contributed by atoms with Gasteiger partial charge in [-0.1, -0.05) is 65.0 Å². The van der Waals surface area contributed by atoms with Gasteiger partial charge in [-0.3, -0.25) is 13.8 Å². The summed E-state index contributed by atoms with van der Waals surface area (Å²) in [5.74, 6) is -0.354. The zero-order valence-corrected chi connectivity index (χ0v) is 26.5. The highest BCUT2D eigenvalue weighted by atomic mass is 32.2. The van der Waals surface area contributed by atoms with Crippen molar-refractivity contribution in [2.45, 2.75) is 111 Å². The third kappa shape index (κ3) is 8.40. The number of hydrogen-bond acceptors (Lipinski definition) is 6. The number of aliphatic hydroxyl groups is 1. The van der Waals surface area contributed by atoms with E-state index in [9.17, 15) is 23.7 Å². The Bertz CT molecular complexity index is 1080. The normalized spacial score (nSPS) is 24.3. The van der Waals surface area contributed by atoms with E-state index in [0.717, 1.165) is 24.8 Å². The van der Waals surface area contributed by atoms with Crippen molar-refractivity contribution in [2.75, 3.05) is 18.1 Å². The van der Waals surface area contributed by atoms with Gasteiger partial charge in [0.15, 0.2) is 0 Å². The average Bonchev–Trinajstić information content (AvgIpc) is 3.49. The number of rotatable bonds is 13. The van der Waals surface area contributed by atoms with Crippen LogP contribution in [0.25, 0.3) is 0 Å². The number of esters is 1. The number of nitrogens with zero attached hydrogens (tertiary/aromatic N) is 1. The number of carbonyl (C=O) groups is 3. The fraction of sp³-hybridized carbons (Fsp3) is 0.719. The SMILES string of the molecule is CCS(=O)CCC(NC(=O)C(O)Cc1ccccc1)C(=O)N1CCCC1C(=O)OC(C)CC1CCC(C)(C)C1(C)C. The van der Waals surface area contributed by atoms with Crippen LogP contribution >= 0.6 is 0 Å². The third-order valence-corrected chi connectivity index (χ3v) is 11.1. The van der Waals surface area contributed by atoms with Crippen molar-refractivity contribution < 1.29 is 28.4 Å². The maximum atomic E-state index is 13.7. The van der Waals surface area contributed by atoms with Crippen LogP contribution < -0.4 is 5.32 Å². The molecular weight excluding hydrogens is 540 g/mol. The number of nitrogens with one attached hydrogen (secondary N) is 1. The molecule has 1 aromatic carbocycles. The zero-order valence-electron chi connectivity index (χ0n) is 25.7. The van der Waals surface area contributed by atoms with Gasteiger partial charge in [-0.25, -0.2) is 4.79 Å². The highest BCUT2D eigenvalue weighted by Crippen LogP contribution is 2.57. The highest BCUT2D eigenvalue weighted by molar-refractivity contribution is 7.84. The number of amides is 2. The largest absolute Gasteiger partial charge is 0.461 e. The Labute approximate surface area is 248 Å². The van der Waals surface area contributed by atoms with Gasteiger partial charge in [-0.15, -0.1) is 0 Å². The van der Waals surface area contributed by atoms with Crippen molar-refractivity contribution in [3.8, 4) is 0 Å². The average molecular weight is 591 g/mol. The molecule has 3 rings (SSSR count). The first-order valence-electron chi connectivity index (χ1n) is 15.1. The van der Waals surface area contributed by atoms with E-state index in [1.54, 1.807) is 6.92 Å². The van der Waals surface area contributed by atoms with Crippen LogP contribution in [0.15, 0.2) is 30.3 Å². The van der Waals surface area contributed by atoms with E-state index < -0.39 is 46.8 Å². The van der Waals surface area contributed by atoms with E-state index in [2.05, 4.69) is 33.0 Å². The third-order valence-electron chi connectivity index (χ3n) is 9.77. The number of benzene rings is 1. The quantitative estimate of drug-likeness (QED) is 0.336. The highest BCUT2D eigenvalue weighted by Gasteiger charge is 2.49. The number of ether oxygens (including phenoxy) is 1. The maximum absolute atomic E-state index is 13.7. The summed E-state index contributed by atoms with van der Waals surface area (Å²) in [5, 5.41) is 13.2. The van der Waals surface area contributed by atoms with Gasteiger partial charge in [-0.2, -0.15) is 0 Å². The van der Waals surface area contributed by atoms with Gasteiger partial charge in [0.25, 0.3) is 0 Å². The van der Waals surface area contributed by atoms with Crippen LogP contribution in [0.1, 0.15) is 85.6 Å². The van der Waals surface area contributed by atoms with Crippen molar-refractivity contribution in [3.63, 3.8) is 0 Å². The molecule has 230 valence electrons. The molecule has 2 N–H and O–H groups in total. The summed E-state index contributed by atoms with van der Waals surface area (Å²) in [6, 6.07) is 7.44. The lowest BCUT2D eigenvalue weighted by molar-refractivity contribution is -0.159. The molecule has 0 spiro atoms. The molecule has 0 radical (unpaired) electrons. The molecule has 8 nitrogen and oxygen atoms in total. The fourth-order valence-corrected chi connectivity index (χ4v) is 7.02. The van der Waals surface area contributed by atoms with Crippen LogP contribution in [0.5, 0.6) is 0 Å². The van der Waals surface area contributed by atoms with Crippen LogP contribution in [-0.4, -0.2) is 74.3 Å². The molecule has 2 aliphatic rings. The molecule has 2 fully saturated rings. The lowest BCUT2D eigenvalue weighted by atomic mass is 9.66. The minimum atomic E-state index is -1.34. The molecule has 1 heterocycles. The van der Waals surface area contributed by atoms with Gasteiger partial charge < -0.3 is 20.1 Å². The fourth-order valence-electron chi connectivity index (χ4n) is 6.23. The number of carbonyl (C=O) groups excluding carboxylic acids is 3. The van der Waals surface area contributed by atoms with Crippen LogP contribution in [0.3, 0.4) is 0 Å². The van der Waals surface area contributed by atoms with Crippen LogP contribution in [0.4, 0.5) is 0 Å². The van der Waals surface area contributed by atoms with Crippen molar-refractivity contribution in [2.24, 2.45) is 16.7 Å². The Morgan fingerprint density at radius 1 is 1.15 bits per heavy atom. The Morgan fingerprint density at radius 3 is 2.44 bits per heavy atom. The Balaban J connectivity index is 1.65. The molecule has 0 bridgehead atoms. The minimum absolute atomic E-state index is 0.111. The standard InChI is InChI=1S/C32H50N2O6S/c1-7-41(39)19-16-25(33-28(36)27(35)21-23-12-9-8-10-13-23)29(37)34-18-11-14-26(34)30(38)40-22(2)20-24-15-17-31(3,4)32(24,5)6/h8-10,12-13,22,24-27,35H,7,11,14-21H2,1-6H3,(H,33,36). The van der Waals surface area contributed by atoms with Gasteiger partial charge in [0.05, 0.1) is 6.10 Å². The summed E-state index contributed by atoms with van der Waals surface area (Å²) >= 11 is 0. The van der Waals surface area contributed by atoms with E-state index in [1.165, 1.54) is 4.90 Å². The monoisotopic (exact) mass is 590 g/mol. The second kappa shape index (κ2) is 14.3. The summed E-state index contributed by atoms with van der Waals surface area (Å²) in [7, 11) is -1.14. The molecule has 1 saturated carbocycles. The first-order valence-corrected chi connectivity index (χ1v) is 16.6. The van der Waals surface area contributed by atoms with Gasteiger partial charge in [0, 0.05) is 35.3 Å². The molecule has 1 aromatic rings. The van der Waals surface area contributed by atoms with E-state index in [1.807, 2.05) is 37.3 Å². The molecule has 1 aliphatic carbocycles. The molecule has 1 saturated heterocycles. The topological polar surface area (TPSA) is 113 Å². The number of likely N-dealkylation sites (tertiary alicyclic amines) is 1. The number of hydrogen-bond donors (Lipinski definition) is 2. The molecular formula is C32H50N2O6S. The van der Waals surface area contributed by atoms with Crippen molar-refractivity contribution in [1.29, 1.82) is 0 Å². The molecule has 9 heteroatoms. The van der Waals surface area contributed by atoms with E-state index in [4.69, 9.17) is 4.74 Å². The Morgan fingerprint density at radius 2 is 1.83 bits per heavy atom. The van der Waals surface area contributed by atoms with Crippen molar-refractivity contribution in [3.05, 3.63) is 35.9 Å². The summed E-state index contributed by atoms with van der Waals surface area (Å²) in [5.41, 5.74) is 1.16.